The van der Waals surface area contributed by atoms with Gasteiger partial charge in [-0.1, -0.05) is 38.1 Å². The SMILES string of the molecule is COC[C@H](C)NC(=S)N/N=C(/C)c1ccc(C(C)C)cc1. The van der Waals surface area contributed by atoms with Crippen LogP contribution < -0.4 is 10.7 Å². The smallest absolute Gasteiger partial charge is 0.187 e. The standard InChI is InChI=1S/C16H25N3OS/c1-11(2)14-6-8-15(9-7-14)13(4)18-19-16(21)17-12(3)10-20-5/h6-9,11-12H,10H2,1-5H3,(H2,17,19,21)/b18-13-/t12-/m0/s1. The molecule has 0 radical (unpaired) electrons. The van der Waals surface area contributed by atoms with Crippen molar-refractivity contribution < 1.29 is 4.74 Å². The Kier molecular flexibility index (Phi) is 7.32. The number of hydrogen-bond donors (Lipinski definition) is 2. The lowest BCUT2D eigenvalue weighted by Crippen LogP contribution is -2.40. The Bertz CT molecular complexity index is 483. The van der Waals surface area contributed by atoms with E-state index in [1.54, 1.807) is 7.11 Å². The zero-order valence-corrected chi connectivity index (χ0v) is 14.3. The van der Waals surface area contributed by atoms with E-state index < -0.39 is 0 Å². The van der Waals surface area contributed by atoms with Crippen LogP contribution >= 0.6 is 12.2 Å². The van der Waals surface area contributed by atoms with Crippen LogP contribution in [0.4, 0.5) is 0 Å². The fourth-order valence-electron chi connectivity index (χ4n) is 1.86. The van der Waals surface area contributed by atoms with Crippen molar-refractivity contribution in [2.24, 2.45) is 5.10 Å². The Hall–Kier alpha value is -1.46. The molecule has 0 fully saturated rings. The summed E-state index contributed by atoms with van der Waals surface area (Å²) in [4.78, 5) is 0. The number of rotatable bonds is 6. The molecule has 1 atom stereocenters. The van der Waals surface area contributed by atoms with Crippen molar-refractivity contribution >= 4 is 23.0 Å². The second-order valence-corrected chi connectivity index (χ2v) is 5.82. The molecule has 0 bridgehead atoms. The predicted octanol–water partition coefficient (Wildman–Crippen LogP) is 3.03. The lowest BCUT2D eigenvalue weighted by molar-refractivity contribution is 0.179. The van der Waals surface area contributed by atoms with Gasteiger partial charge >= 0.3 is 0 Å². The second-order valence-electron chi connectivity index (χ2n) is 5.42. The molecule has 116 valence electrons. The molecule has 0 heterocycles. The lowest BCUT2D eigenvalue weighted by atomic mass is 10.0. The fourth-order valence-corrected chi connectivity index (χ4v) is 2.10. The molecule has 1 aromatic carbocycles. The van der Waals surface area contributed by atoms with Crippen LogP contribution in [0, 0.1) is 0 Å². The zero-order valence-electron chi connectivity index (χ0n) is 13.4. The number of hydrazone groups is 1. The van der Waals surface area contributed by atoms with Crippen LogP contribution in [0.2, 0.25) is 0 Å². The molecule has 4 nitrogen and oxygen atoms in total. The highest BCUT2D eigenvalue weighted by Crippen LogP contribution is 2.14. The Morgan fingerprint density at radius 3 is 2.38 bits per heavy atom. The second kappa shape index (κ2) is 8.74. The van der Waals surface area contributed by atoms with Gasteiger partial charge in [-0.15, -0.1) is 0 Å². The number of benzene rings is 1. The minimum Gasteiger partial charge on any atom is -0.383 e. The van der Waals surface area contributed by atoms with Crippen LogP contribution in [0.5, 0.6) is 0 Å². The van der Waals surface area contributed by atoms with E-state index in [0.29, 0.717) is 17.6 Å². The van der Waals surface area contributed by atoms with Crippen molar-refractivity contribution in [2.45, 2.75) is 39.7 Å². The van der Waals surface area contributed by atoms with Crippen LogP contribution in [-0.4, -0.2) is 30.6 Å². The van der Waals surface area contributed by atoms with E-state index >= 15 is 0 Å². The molecule has 0 unspecified atom stereocenters. The van der Waals surface area contributed by atoms with E-state index in [1.165, 1.54) is 5.56 Å². The van der Waals surface area contributed by atoms with Crippen molar-refractivity contribution in [3.63, 3.8) is 0 Å². The topological polar surface area (TPSA) is 45.6 Å². The predicted molar refractivity (Wildman–Crippen MR) is 92.9 cm³/mol. The summed E-state index contributed by atoms with van der Waals surface area (Å²) >= 11 is 5.18. The third kappa shape index (κ3) is 6.23. The first-order chi connectivity index (χ1) is 9.93. The van der Waals surface area contributed by atoms with Gasteiger partial charge in [0.25, 0.3) is 0 Å². The molecule has 0 spiro atoms. The Labute approximate surface area is 133 Å². The molecule has 1 aromatic rings. The monoisotopic (exact) mass is 307 g/mol. The highest BCUT2D eigenvalue weighted by atomic mass is 32.1. The maximum atomic E-state index is 5.18. The summed E-state index contributed by atoms with van der Waals surface area (Å²) in [5, 5.41) is 7.90. The first-order valence-electron chi connectivity index (χ1n) is 7.14. The van der Waals surface area contributed by atoms with E-state index in [2.05, 4.69) is 54.0 Å². The van der Waals surface area contributed by atoms with Gasteiger partial charge in [0.15, 0.2) is 5.11 Å². The number of thiocarbonyl (C=S) groups is 1. The number of nitrogens with zero attached hydrogens (tertiary/aromatic N) is 1. The average molecular weight is 307 g/mol. The average Bonchev–Trinajstić information content (AvgIpc) is 2.45. The van der Waals surface area contributed by atoms with Gasteiger partial charge in [-0.3, -0.25) is 5.43 Å². The molecule has 0 saturated carbocycles. The molecule has 1 rings (SSSR count). The summed E-state index contributed by atoms with van der Waals surface area (Å²) in [5.74, 6) is 0.536. The van der Waals surface area contributed by atoms with Gasteiger partial charge in [-0.25, -0.2) is 0 Å². The fraction of sp³-hybridized carbons (Fsp3) is 0.500. The Morgan fingerprint density at radius 1 is 1.24 bits per heavy atom. The first-order valence-corrected chi connectivity index (χ1v) is 7.55. The van der Waals surface area contributed by atoms with E-state index in [0.717, 1.165) is 11.3 Å². The van der Waals surface area contributed by atoms with Crippen molar-refractivity contribution in [1.29, 1.82) is 0 Å². The number of methoxy groups -OCH3 is 1. The quantitative estimate of drug-likeness (QED) is 0.482. The molecule has 2 N–H and O–H groups in total. The Balaban J connectivity index is 2.57. The van der Waals surface area contributed by atoms with Gasteiger partial charge in [-0.05, 0) is 43.1 Å². The largest absolute Gasteiger partial charge is 0.383 e. The van der Waals surface area contributed by atoms with Gasteiger partial charge in [0.1, 0.15) is 0 Å². The molecule has 0 aliphatic heterocycles. The maximum Gasteiger partial charge on any atom is 0.187 e. The molecule has 0 aliphatic rings. The molecular weight excluding hydrogens is 282 g/mol. The highest BCUT2D eigenvalue weighted by Gasteiger charge is 2.04. The van der Waals surface area contributed by atoms with Gasteiger partial charge in [-0.2, -0.15) is 5.10 Å². The van der Waals surface area contributed by atoms with Gasteiger partial charge in [0.05, 0.1) is 12.3 Å². The third-order valence-corrected chi connectivity index (χ3v) is 3.32. The van der Waals surface area contributed by atoms with Crippen LogP contribution in [0.1, 0.15) is 44.7 Å². The molecule has 0 saturated heterocycles. The van der Waals surface area contributed by atoms with E-state index in [1.807, 2.05) is 13.8 Å². The lowest BCUT2D eigenvalue weighted by Gasteiger charge is -2.14. The molecule has 5 heteroatoms. The summed E-state index contributed by atoms with van der Waals surface area (Å²) in [7, 11) is 1.66. The van der Waals surface area contributed by atoms with Gasteiger partial charge in [0.2, 0.25) is 0 Å². The van der Waals surface area contributed by atoms with Crippen molar-refractivity contribution in [3.05, 3.63) is 35.4 Å². The maximum absolute atomic E-state index is 5.18. The zero-order chi connectivity index (χ0) is 15.8. The van der Waals surface area contributed by atoms with Crippen LogP contribution in [-0.2, 0) is 4.74 Å². The minimum atomic E-state index is 0.149. The molecule has 0 amide bonds. The van der Waals surface area contributed by atoms with Gasteiger partial charge in [0, 0.05) is 13.2 Å². The summed E-state index contributed by atoms with van der Waals surface area (Å²) in [6, 6.07) is 8.59. The van der Waals surface area contributed by atoms with Crippen molar-refractivity contribution in [2.75, 3.05) is 13.7 Å². The normalized spacial score (nSPS) is 13.1. The molecule has 0 aromatic heterocycles. The van der Waals surface area contributed by atoms with E-state index in [4.69, 9.17) is 17.0 Å². The summed E-state index contributed by atoms with van der Waals surface area (Å²) in [6.07, 6.45) is 0. The van der Waals surface area contributed by atoms with Crippen LogP contribution in [0.25, 0.3) is 0 Å². The van der Waals surface area contributed by atoms with Crippen molar-refractivity contribution in [3.8, 4) is 0 Å². The van der Waals surface area contributed by atoms with Gasteiger partial charge < -0.3 is 10.1 Å². The molecular formula is C16H25N3OS. The number of ether oxygens (including phenoxy) is 1. The first kappa shape index (κ1) is 17.6. The highest BCUT2D eigenvalue weighted by molar-refractivity contribution is 7.80. The number of nitrogens with one attached hydrogen (secondary N) is 2. The van der Waals surface area contributed by atoms with E-state index in [9.17, 15) is 0 Å². The molecule has 21 heavy (non-hydrogen) atoms. The van der Waals surface area contributed by atoms with Crippen molar-refractivity contribution in [1.82, 2.24) is 10.7 Å². The summed E-state index contributed by atoms with van der Waals surface area (Å²) < 4.78 is 5.04. The van der Waals surface area contributed by atoms with Crippen LogP contribution in [0.3, 0.4) is 0 Å². The third-order valence-electron chi connectivity index (χ3n) is 3.11. The van der Waals surface area contributed by atoms with E-state index in [-0.39, 0.29) is 6.04 Å². The molecule has 0 aliphatic carbocycles. The Morgan fingerprint density at radius 2 is 1.86 bits per heavy atom. The summed E-state index contributed by atoms with van der Waals surface area (Å²) in [5.41, 5.74) is 6.16. The summed E-state index contributed by atoms with van der Waals surface area (Å²) in [6.45, 7) is 8.92. The minimum absolute atomic E-state index is 0.149. The number of hydrogen-bond acceptors (Lipinski definition) is 3. The van der Waals surface area contributed by atoms with Crippen LogP contribution in [0.15, 0.2) is 29.4 Å².